The standard InChI is InChI=1S/C18H19N3O4/c1-11(2)19-17(22)12-3-5-13(6-4-12)20-18(23)21-14-7-8-15-16(9-14)25-10-24-15/h3-9,11H,10H2,1-2H3,(H,19,22)(H2,20,21,23). The number of nitrogens with one attached hydrogen (secondary N) is 3. The van der Waals surface area contributed by atoms with Gasteiger partial charge in [0.2, 0.25) is 6.79 Å². The molecule has 0 saturated heterocycles. The van der Waals surface area contributed by atoms with Gasteiger partial charge in [-0.05, 0) is 50.2 Å². The monoisotopic (exact) mass is 341 g/mol. The van der Waals surface area contributed by atoms with Crippen LogP contribution in [-0.2, 0) is 0 Å². The minimum absolute atomic E-state index is 0.0674. The van der Waals surface area contributed by atoms with Gasteiger partial charge in [-0.15, -0.1) is 0 Å². The summed E-state index contributed by atoms with van der Waals surface area (Å²) in [7, 11) is 0. The Hall–Kier alpha value is -3.22. The molecule has 0 aromatic heterocycles. The Labute approximate surface area is 145 Å². The third-order valence-corrected chi connectivity index (χ3v) is 3.46. The van der Waals surface area contributed by atoms with Gasteiger partial charge in [0.1, 0.15) is 0 Å². The zero-order valence-electron chi connectivity index (χ0n) is 14.0. The number of rotatable bonds is 4. The van der Waals surface area contributed by atoms with E-state index >= 15 is 0 Å². The van der Waals surface area contributed by atoms with Crippen LogP contribution in [0.4, 0.5) is 16.2 Å². The molecule has 7 nitrogen and oxygen atoms in total. The number of carbonyl (C=O) groups is 2. The first-order valence-electron chi connectivity index (χ1n) is 7.90. The molecule has 130 valence electrons. The largest absolute Gasteiger partial charge is 0.454 e. The van der Waals surface area contributed by atoms with E-state index in [0.29, 0.717) is 28.4 Å². The van der Waals surface area contributed by atoms with E-state index in [0.717, 1.165) is 0 Å². The average molecular weight is 341 g/mol. The van der Waals surface area contributed by atoms with Crippen LogP contribution < -0.4 is 25.4 Å². The molecule has 0 saturated carbocycles. The number of hydrogen-bond acceptors (Lipinski definition) is 4. The summed E-state index contributed by atoms with van der Waals surface area (Å²) in [5, 5.41) is 8.24. The molecule has 3 N–H and O–H groups in total. The second kappa shape index (κ2) is 7.12. The maximum atomic E-state index is 12.1. The van der Waals surface area contributed by atoms with Crippen molar-refractivity contribution in [2.75, 3.05) is 17.4 Å². The Morgan fingerprint density at radius 1 is 0.920 bits per heavy atom. The van der Waals surface area contributed by atoms with Crippen molar-refractivity contribution >= 4 is 23.3 Å². The Morgan fingerprint density at radius 3 is 2.28 bits per heavy atom. The highest BCUT2D eigenvalue weighted by atomic mass is 16.7. The van der Waals surface area contributed by atoms with Gasteiger partial charge in [-0.1, -0.05) is 0 Å². The van der Waals surface area contributed by atoms with E-state index in [1.807, 2.05) is 13.8 Å². The maximum Gasteiger partial charge on any atom is 0.323 e. The summed E-state index contributed by atoms with van der Waals surface area (Å²) in [6.45, 7) is 3.98. The molecule has 0 radical (unpaired) electrons. The van der Waals surface area contributed by atoms with Crippen LogP contribution in [0.3, 0.4) is 0 Å². The normalized spacial score (nSPS) is 12.0. The number of ether oxygens (including phenoxy) is 2. The van der Waals surface area contributed by atoms with E-state index in [-0.39, 0.29) is 18.7 Å². The number of urea groups is 1. The van der Waals surface area contributed by atoms with Gasteiger partial charge in [0.15, 0.2) is 11.5 Å². The van der Waals surface area contributed by atoms with E-state index in [9.17, 15) is 9.59 Å². The molecule has 0 atom stereocenters. The van der Waals surface area contributed by atoms with Gasteiger partial charge in [0, 0.05) is 29.0 Å². The molecule has 0 aliphatic carbocycles. The predicted octanol–water partition coefficient (Wildman–Crippen LogP) is 3.20. The van der Waals surface area contributed by atoms with Crippen molar-refractivity contribution in [1.29, 1.82) is 0 Å². The maximum absolute atomic E-state index is 12.1. The second-order valence-corrected chi connectivity index (χ2v) is 5.85. The Morgan fingerprint density at radius 2 is 1.56 bits per heavy atom. The van der Waals surface area contributed by atoms with Crippen LogP contribution >= 0.6 is 0 Å². The third kappa shape index (κ3) is 4.20. The fourth-order valence-corrected chi connectivity index (χ4v) is 2.32. The number of carbonyl (C=O) groups excluding carboxylic acids is 2. The van der Waals surface area contributed by atoms with Crippen molar-refractivity contribution in [3.05, 3.63) is 48.0 Å². The second-order valence-electron chi connectivity index (χ2n) is 5.85. The molecular weight excluding hydrogens is 322 g/mol. The summed E-state index contributed by atoms with van der Waals surface area (Å²) in [4.78, 5) is 24.0. The van der Waals surface area contributed by atoms with Crippen LogP contribution in [-0.4, -0.2) is 24.8 Å². The average Bonchev–Trinajstić information content (AvgIpc) is 3.02. The van der Waals surface area contributed by atoms with Gasteiger partial charge in [-0.2, -0.15) is 0 Å². The lowest BCUT2D eigenvalue weighted by molar-refractivity contribution is 0.0943. The Kier molecular flexibility index (Phi) is 4.74. The quantitative estimate of drug-likeness (QED) is 0.797. The summed E-state index contributed by atoms with van der Waals surface area (Å²) in [6.07, 6.45) is 0. The van der Waals surface area contributed by atoms with Crippen molar-refractivity contribution in [1.82, 2.24) is 5.32 Å². The molecule has 7 heteroatoms. The zero-order chi connectivity index (χ0) is 17.8. The van der Waals surface area contributed by atoms with Crippen LogP contribution in [0.2, 0.25) is 0 Å². The van der Waals surface area contributed by atoms with Gasteiger partial charge >= 0.3 is 6.03 Å². The van der Waals surface area contributed by atoms with Crippen LogP contribution in [0.15, 0.2) is 42.5 Å². The van der Waals surface area contributed by atoms with Crippen LogP contribution in [0.25, 0.3) is 0 Å². The SMILES string of the molecule is CC(C)NC(=O)c1ccc(NC(=O)Nc2ccc3c(c2)OCO3)cc1. The topological polar surface area (TPSA) is 88.7 Å². The van der Waals surface area contributed by atoms with Crippen LogP contribution in [0.5, 0.6) is 11.5 Å². The summed E-state index contributed by atoms with van der Waals surface area (Å²) in [5.41, 5.74) is 1.71. The zero-order valence-corrected chi connectivity index (χ0v) is 14.0. The minimum atomic E-state index is -0.391. The number of benzene rings is 2. The molecule has 1 heterocycles. The lowest BCUT2D eigenvalue weighted by atomic mass is 10.2. The van der Waals surface area contributed by atoms with Gasteiger partial charge in [-0.3, -0.25) is 4.79 Å². The Balaban J connectivity index is 1.58. The first-order valence-corrected chi connectivity index (χ1v) is 7.90. The highest BCUT2D eigenvalue weighted by Crippen LogP contribution is 2.34. The molecule has 1 aliphatic heterocycles. The van der Waals surface area contributed by atoms with Gasteiger partial charge < -0.3 is 25.4 Å². The first kappa shape index (κ1) is 16.6. The van der Waals surface area contributed by atoms with Crippen LogP contribution in [0, 0.1) is 0 Å². The molecule has 2 aromatic carbocycles. The van der Waals surface area contributed by atoms with E-state index in [1.54, 1.807) is 42.5 Å². The fourth-order valence-electron chi connectivity index (χ4n) is 2.32. The summed E-state index contributed by atoms with van der Waals surface area (Å²) in [6, 6.07) is 11.5. The molecule has 0 unspecified atom stereocenters. The molecule has 25 heavy (non-hydrogen) atoms. The van der Waals surface area contributed by atoms with E-state index in [1.165, 1.54) is 0 Å². The summed E-state index contributed by atoms with van der Waals surface area (Å²) >= 11 is 0. The third-order valence-electron chi connectivity index (χ3n) is 3.46. The van der Waals surface area contributed by atoms with Crippen molar-refractivity contribution in [2.45, 2.75) is 19.9 Å². The number of fused-ring (bicyclic) bond motifs is 1. The minimum Gasteiger partial charge on any atom is -0.454 e. The van der Waals surface area contributed by atoms with E-state index < -0.39 is 6.03 Å². The lowest BCUT2D eigenvalue weighted by Gasteiger charge is -2.10. The highest BCUT2D eigenvalue weighted by molar-refractivity contribution is 6.00. The molecule has 3 rings (SSSR count). The van der Waals surface area contributed by atoms with Crippen LogP contribution in [0.1, 0.15) is 24.2 Å². The van der Waals surface area contributed by atoms with Crippen molar-refractivity contribution < 1.29 is 19.1 Å². The van der Waals surface area contributed by atoms with Crippen molar-refractivity contribution in [3.63, 3.8) is 0 Å². The molecule has 3 amide bonds. The fraction of sp³-hybridized carbons (Fsp3) is 0.222. The highest BCUT2D eigenvalue weighted by Gasteiger charge is 2.14. The molecule has 2 aromatic rings. The van der Waals surface area contributed by atoms with Gasteiger partial charge in [0.25, 0.3) is 5.91 Å². The molecule has 0 bridgehead atoms. The summed E-state index contributed by atoms with van der Waals surface area (Å²) in [5.74, 6) is 1.10. The van der Waals surface area contributed by atoms with Crippen molar-refractivity contribution in [3.8, 4) is 11.5 Å². The van der Waals surface area contributed by atoms with E-state index in [4.69, 9.17) is 9.47 Å². The first-order chi connectivity index (χ1) is 12.0. The smallest absolute Gasteiger partial charge is 0.323 e. The number of anilines is 2. The summed E-state index contributed by atoms with van der Waals surface area (Å²) < 4.78 is 10.5. The van der Waals surface area contributed by atoms with E-state index in [2.05, 4.69) is 16.0 Å². The molecule has 0 fully saturated rings. The Bertz CT molecular complexity index is 787. The van der Waals surface area contributed by atoms with Gasteiger partial charge in [0.05, 0.1) is 0 Å². The van der Waals surface area contributed by atoms with Crippen molar-refractivity contribution in [2.24, 2.45) is 0 Å². The van der Waals surface area contributed by atoms with Gasteiger partial charge in [-0.25, -0.2) is 4.79 Å². The number of hydrogen-bond donors (Lipinski definition) is 3. The predicted molar refractivity (Wildman–Crippen MR) is 94.3 cm³/mol. The molecule has 1 aliphatic rings. The lowest BCUT2D eigenvalue weighted by Crippen LogP contribution is -2.30. The molecule has 0 spiro atoms. The number of amides is 3. The molecular formula is C18H19N3O4.